The minimum atomic E-state index is 0.0423. The molecule has 49 heavy (non-hydrogen) atoms. The SMILES string of the molecule is C=Cc1ccc(-c2ccc3c(c2)B2c4ccccc4N(c4ccccc4)c4cc(-c5ccc(C=C)cc5)cc(c42)N3c2ccccc2)cc1. The lowest BCUT2D eigenvalue weighted by Gasteiger charge is -2.44. The molecule has 0 aromatic heterocycles. The second-order valence-corrected chi connectivity index (χ2v) is 12.7. The van der Waals surface area contributed by atoms with Crippen molar-refractivity contribution in [2.45, 2.75) is 0 Å². The molecule has 7 aromatic rings. The van der Waals surface area contributed by atoms with Crippen molar-refractivity contribution in [2.75, 3.05) is 9.80 Å². The van der Waals surface area contributed by atoms with E-state index in [2.05, 4.69) is 187 Å². The second kappa shape index (κ2) is 11.7. The van der Waals surface area contributed by atoms with E-state index in [9.17, 15) is 0 Å². The highest BCUT2D eigenvalue weighted by Gasteiger charge is 2.43. The van der Waals surface area contributed by atoms with Gasteiger partial charge in [-0.2, -0.15) is 0 Å². The number of hydrogen-bond acceptors (Lipinski definition) is 2. The highest BCUT2D eigenvalue weighted by atomic mass is 15.2. The topological polar surface area (TPSA) is 6.48 Å². The van der Waals surface area contributed by atoms with Crippen molar-refractivity contribution in [3.63, 3.8) is 0 Å². The van der Waals surface area contributed by atoms with Gasteiger partial charge in [0.2, 0.25) is 0 Å². The minimum absolute atomic E-state index is 0.0423. The van der Waals surface area contributed by atoms with Gasteiger partial charge in [-0.3, -0.25) is 0 Å². The van der Waals surface area contributed by atoms with Crippen molar-refractivity contribution < 1.29 is 0 Å². The second-order valence-electron chi connectivity index (χ2n) is 12.7. The van der Waals surface area contributed by atoms with Crippen molar-refractivity contribution in [1.82, 2.24) is 0 Å². The van der Waals surface area contributed by atoms with E-state index < -0.39 is 0 Å². The predicted molar refractivity (Wildman–Crippen MR) is 212 cm³/mol. The van der Waals surface area contributed by atoms with Gasteiger partial charge in [0.15, 0.2) is 0 Å². The molecule has 2 aliphatic rings. The van der Waals surface area contributed by atoms with Gasteiger partial charge in [-0.05, 0) is 98.3 Å². The van der Waals surface area contributed by atoms with Crippen molar-refractivity contribution in [3.8, 4) is 22.3 Å². The molecule has 0 spiro atoms. The summed E-state index contributed by atoms with van der Waals surface area (Å²) in [6.07, 6.45) is 3.79. The summed E-state index contributed by atoms with van der Waals surface area (Å²) in [5, 5.41) is 0. The predicted octanol–water partition coefficient (Wildman–Crippen LogP) is 10.4. The quantitative estimate of drug-likeness (QED) is 0.170. The fourth-order valence-electron chi connectivity index (χ4n) is 7.63. The molecule has 2 nitrogen and oxygen atoms in total. The molecule has 0 radical (unpaired) electrons. The third-order valence-corrected chi connectivity index (χ3v) is 9.96. The van der Waals surface area contributed by atoms with Crippen LogP contribution in [0.4, 0.5) is 34.1 Å². The van der Waals surface area contributed by atoms with E-state index in [4.69, 9.17) is 0 Å². The summed E-state index contributed by atoms with van der Waals surface area (Å²) < 4.78 is 0. The van der Waals surface area contributed by atoms with Crippen LogP contribution in [-0.4, -0.2) is 6.71 Å². The first-order valence-corrected chi connectivity index (χ1v) is 16.8. The molecular formula is C46H33BN2. The van der Waals surface area contributed by atoms with Gasteiger partial charge in [-0.15, -0.1) is 0 Å². The van der Waals surface area contributed by atoms with Crippen LogP contribution in [0.25, 0.3) is 34.4 Å². The number of nitrogens with zero attached hydrogens (tertiary/aromatic N) is 2. The Labute approximate surface area is 288 Å². The molecule has 0 aliphatic carbocycles. The lowest BCUT2D eigenvalue weighted by Crippen LogP contribution is -2.61. The fourth-order valence-corrected chi connectivity index (χ4v) is 7.63. The molecule has 3 heteroatoms. The van der Waals surface area contributed by atoms with E-state index in [1.807, 2.05) is 12.2 Å². The largest absolute Gasteiger partial charge is 0.311 e. The van der Waals surface area contributed by atoms with Crippen molar-refractivity contribution in [1.29, 1.82) is 0 Å². The zero-order valence-corrected chi connectivity index (χ0v) is 27.1. The Morgan fingerprint density at radius 1 is 0.388 bits per heavy atom. The Hall–Kier alpha value is -6.32. The Balaban J connectivity index is 1.37. The maximum Gasteiger partial charge on any atom is 0.252 e. The zero-order valence-electron chi connectivity index (χ0n) is 27.1. The van der Waals surface area contributed by atoms with Gasteiger partial charge in [0.1, 0.15) is 0 Å². The van der Waals surface area contributed by atoms with E-state index >= 15 is 0 Å². The summed E-state index contributed by atoms with van der Waals surface area (Å²) in [4.78, 5) is 4.92. The van der Waals surface area contributed by atoms with E-state index in [0.717, 1.165) is 22.5 Å². The number of fused-ring (bicyclic) bond motifs is 4. The molecule has 2 aliphatic heterocycles. The summed E-state index contributed by atoms with van der Waals surface area (Å²) in [6, 6.07) is 59.7. The molecule has 0 unspecified atom stereocenters. The molecule has 0 bridgehead atoms. The monoisotopic (exact) mass is 624 g/mol. The van der Waals surface area contributed by atoms with Gasteiger partial charge in [0, 0.05) is 34.1 Å². The standard InChI is InChI=1S/C46H33BN2/c1-3-32-19-23-34(24-20-32)36-27-28-43-41(29-36)47-40-17-11-12-18-42(40)48(38-13-7-5-8-14-38)44-30-37(35-25-21-33(4-2)22-26-35)31-45(46(44)47)49(43)39-15-9-6-10-16-39/h3-31H,1-2H2. The molecule has 0 saturated carbocycles. The minimum Gasteiger partial charge on any atom is -0.311 e. The highest BCUT2D eigenvalue weighted by Crippen LogP contribution is 2.46. The Morgan fingerprint density at radius 3 is 1.41 bits per heavy atom. The van der Waals surface area contributed by atoms with Gasteiger partial charge >= 0.3 is 0 Å². The van der Waals surface area contributed by atoms with Crippen LogP contribution in [0.5, 0.6) is 0 Å². The van der Waals surface area contributed by atoms with Crippen LogP contribution in [0.3, 0.4) is 0 Å². The molecule has 9 rings (SSSR count). The molecular weight excluding hydrogens is 591 g/mol. The molecule has 0 atom stereocenters. The number of benzene rings is 7. The Morgan fingerprint density at radius 2 is 0.857 bits per heavy atom. The average Bonchev–Trinajstić information content (AvgIpc) is 3.18. The normalized spacial score (nSPS) is 12.5. The maximum absolute atomic E-state index is 3.98. The third kappa shape index (κ3) is 4.74. The molecule has 7 aromatic carbocycles. The summed E-state index contributed by atoms with van der Waals surface area (Å²) >= 11 is 0. The molecule has 2 heterocycles. The van der Waals surface area contributed by atoms with Gasteiger partial charge in [-0.25, -0.2) is 0 Å². The first-order chi connectivity index (χ1) is 24.2. The van der Waals surface area contributed by atoms with E-state index in [1.165, 1.54) is 61.4 Å². The van der Waals surface area contributed by atoms with Crippen LogP contribution in [-0.2, 0) is 0 Å². The van der Waals surface area contributed by atoms with Crippen LogP contribution in [0.1, 0.15) is 11.1 Å². The number of rotatable bonds is 6. The number of hydrogen-bond donors (Lipinski definition) is 0. The maximum atomic E-state index is 3.98. The van der Waals surface area contributed by atoms with Crippen molar-refractivity contribution in [2.24, 2.45) is 0 Å². The Kier molecular flexibility index (Phi) is 6.91. The lowest BCUT2D eigenvalue weighted by molar-refractivity contribution is 1.25. The van der Waals surface area contributed by atoms with Crippen molar-refractivity contribution >= 4 is 69.4 Å². The van der Waals surface area contributed by atoms with E-state index in [-0.39, 0.29) is 6.71 Å². The third-order valence-electron chi connectivity index (χ3n) is 9.96. The summed E-state index contributed by atoms with van der Waals surface area (Å²) in [6.45, 7) is 7.98. The van der Waals surface area contributed by atoms with E-state index in [1.54, 1.807) is 0 Å². The smallest absolute Gasteiger partial charge is 0.252 e. The highest BCUT2D eigenvalue weighted by molar-refractivity contribution is 7.00. The Bertz CT molecular complexity index is 2340. The summed E-state index contributed by atoms with van der Waals surface area (Å²) in [5.41, 5.74) is 18.0. The van der Waals surface area contributed by atoms with Gasteiger partial charge in [0.25, 0.3) is 6.71 Å². The van der Waals surface area contributed by atoms with Crippen LogP contribution < -0.4 is 26.2 Å². The number of anilines is 6. The number of para-hydroxylation sites is 3. The van der Waals surface area contributed by atoms with Crippen molar-refractivity contribution in [3.05, 3.63) is 188 Å². The molecule has 0 N–H and O–H groups in total. The molecule has 230 valence electrons. The van der Waals surface area contributed by atoms with Crippen LogP contribution in [0.15, 0.2) is 177 Å². The molecule has 0 fully saturated rings. The zero-order chi connectivity index (χ0) is 32.9. The average molecular weight is 625 g/mol. The fraction of sp³-hybridized carbons (Fsp3) is 0. The molecule has 0 amide bonds. The van der Waals surface area contributed by atoms with Crippen LogP contribution in [0, 0.1) is 0 Å². The van der Waals surface area contributed by atoms with Gasteiger partial charge in [0.05, 0.1) is 0 Å². The van der Waals surface area contributed by atoms with Gasteiger partial charge in [-0.1, -0.05) is 141 Å². The first-order valence-electron chi connectivity index (χ1n) is 16.8. The molecule has 0 saturated heterocycles. The van der Waals surface area contributed by atoms with Crippen LogP contribution in [0.2, 0.25) is 0 Å². The lowest BCUT2D eigenvalue weighted by atomic mass is 9.33. The first kappa shape index (κ1) is 28.9. The summed E-state index contributed by atoms with van der Waals surface area (Å²) in [7, 11) is 0. The van der Waals surface area contributed by atoms with E-state index in [0.29, 0.717) is 0 Å². The van der Waals surface area contributed by atoms with Gasteiger partial charge < -0.3 is 9.80 Å². The summed E-state index contributed by atoms with van der Waals surface area (Å²) in [5.74, 6) is 0. The van der Waals surface area contributed by atoms with Crippen LogP contribution >= 0.6 is 0 Å².